The molecule has 0 saturated heterocycles. The molecule has 0 bridgehead atoms. The van der Waals surface area contributed by atoms with Crippen molar-refractivity contribution in [2.45, 2.75) is 32.2 Å². The molecule has 1 amide bonds. The van der Waals surface area contributed by atoms with Crippen LogP contribution in [0.25, 0.3) is 11.4 Å². The summed E-state index contributed by atoms with van der Waals surface area (Å²) in [6.45, 7) is 1.21. The van der Waals surface area contributed by atoms with Gasteiger partial charge in [-0.25, -0.2) is 8.42 Å². The summed E-state index contributed by atoms with van der Waals surface area (Å²) in [5, 5.41) is 11.6. The van der Waals surface area contributed by atoms with Crippen molar-refractivity contribution in [1.29, 1.82) is 0 Å². The Hall–Kier alpha value is -3.27. The van der Waals surface area contributed by atoms with Gasteiger partial charge in [0, 0.05) is 37.0 Å². The lowest BCUT2D eigenvalue weighted by molar-refractivity contribution is -0.112. The molecule has 0 atom stereocenters. The molecule has 0 radical (unpaired) electrons. The summed E-state index contributed by atoms with van der Waals surface area (Å²) in [6, 6.07) is 7.56. The van der Waals surface area contributed by atoms with E-state index in [0.717, 1.165) is 43.0 Å². The number of amides is 1. The fourth-order valence-corrected chi connectivity index (χ4v) is 4.91. The first-order valence-corrected chi connectivity index (χ1v) is 11.9. The minimum absolute atomic E-state index is 0.0659. The molecule has 1 aromatic heterocycles. The molecule has 2 aromatic rings. The maximum atomic E-state index is 12.7. The van der Waals surface area contributed by atoms with Crippen LogP contribution < -0.4 is 5.32 Å². The van der Waals surface area contributed by atoms with Crippen LogP contribution in [0.3, 0.4) is 0 Å². The Morgan fingerprint density at radius 2 is 1.84 bits per heavy atom. The van der Waals surface area contributed by atoms with Gasteiger partial charge in [0.05, 0.1) is 11.3 Å². The number of nitrogens with one attached hydrogen (secondary N) is 1. The van der Waals surface area contributed by atoms with Gasteiger partial charge in [0.15, 0.2) is 5.82 Å². The van der Waals surface area contributed by atoms with Gasteiger partial charge in [0.25, 0.3) is 15.9 Å². The van der Waals surface area contributed by atoms with Gasteiger partial charge in [0.1, 0.15) is 11.7 Å². The number of carbonyl (C=O) groups excluding carboxylic acids is 1. The second-order valence-electron chi connectivity index (χ2n) is 7.78. The lowest BCUT2D eigenvalue weighted by Crippen LogP contribution is -2.37. The summed E-state index contributed by atoms with van der Waals surface area (Å²) in [6.07, 6.45) is 9.19. The molecule has 0 unspecified atom stereocenters. The van der Waals surface area contributed by atoms with Gasteiger partial charge in [-0.15, -0.1) is 14.6 Å². The zero-order chi connectivity index (χ0) is 21.4. The topological polar surface area (TPSA) is 110 Å². The Morgan fingerprint density at radius 3 is 2.68 bits per heavy atom. The van der Waals surface area contributed by atoms with E-state index < -0.39 is 10.0 Å². The van der Waals surface area contributed by atoms with Crippen molar-refractivity contribution in [2.75, 3.05) is 17.6 Å². The van der Waals surface area contributed by atoms with Crippen molar-refractivity contribution in [2.24, 2.45) is 4.40 Å². The third-order valence-electron chi connectivity index (χ3n) is 5.60. The van der Waals surface area contributed by atoms with Crippen LogP contribution in [0, 0.1) is 0 Å². The normalized spacial score (nSPS) is 19.5. The number of anilines is 1. The van der Waals surface area contributed by atoms with E-state index in [1.807, 2.05) is 24.3 Å². The van der Waals surface area contributed by atoms with Crippen LogP contribution in [-0.4, -0.2) is 52.1 Å². The number of aromatic nitrogens is 3. The molecule has 1 N–H and O–H groups in total. The molecule has 3 aliphatic heterocycles. The zero-order valence-electron chi connectivity index (χ0n) is 16.9. The van der Waals surface area contributed by atoms with Crippen molar-refractivity contribution in [3.63, 3.8) is 0 Å². The van der Waals surface area contributed by atoms with Crippen LogP contribution in [-0.2, 0) is 27.8 Å². The monoisotopic (exact) mass is 438 g/mol. The largest absolute Gasteiger partial charge is 0.330 e. The Labute approximate surface area is 180 Å². The molecule has 9 nitrogen and oxygen atoms in total. The van der Waals surface area contributed by atoms with E-state index in [2.05, 4.69) is 24.5 Å². The van der Waals surface area contributed by atoms with Crippen LogP contribution in [0.4, 0.5) is 5.69 Å². The SMILES string of the molecule is O=C(Nc1ccc(-c2nnc3n2CCCCC3)cc1)C1=CN2CCS(=O)(=O)N=C2C=C1. The second-order valence-corrected chi connectivity index (χ2v) is 9.53. The first-order valence-electron chi connectivity index (χ1n) is 10.3. The number of carbonyl (C=O) groups is 1. The molecule has 3 aliphatic rings. The van der Waals surface area contributed by atoms with Crippen molar-refractivity contribution < 1.29 is 13.2 Å². The second kappa shape index (κ2) is 7.77. The molecule has 1 aromatic carbocycles. The highest BCUT2D eigenvalue weighted by atomic mass is 32.2. The number of rotatable bonds is 3. The highest BCUT2D eigenvalue weighted by molar-refractivity contribution is 7.90. The number of benzene rings is 1. The molecule has 0 saturated carbocycles. The van der Waals surface area contributed by atoms with Crippen molar-refractivity contribution in [3.05, 3.63) is 54.0 Å². The molecule has 0 aliphatic carbocycles. The Balaban J connectivity index is 1.30. The van der Waals surface area contributed by atoms with E-state index in [4.69, 9.17) is 0 Å². The highest BCUT2D eigenvalue weighted by Gasteiger charge is 2.25. The summed E-state index contributed by atoms with van der Waals surface area (Å²) >= 11 is 0. The minimum atomic E-state index is -3.42. The van der Waals surface area contributed by atoms with Crippen LogP contribution in [0.5, 0.6) is 0 Å². The quantitative estimate of drug-likeness (QED) is 0.786. The fourth-order valence-electron chi connectivity index (χ4n) is 3.94. The summed E-state index contributed by atoms with van der Waals surface area (Å²) in [7, 11) is -3.42. The fraction of sp³-hybridized carbons (Fsp3) is 0.333. The van der Waals surface area contributed by atoms with Gasteiger partial charge < -0.3 is 14.8 Å². The number of hydrogen-bond donors (Lipinski definition) is 1. The number of sulfonamides is 1. The maximum Gasteiger partial charge on any atom is 0.257 e. The predicted molar refractivity (Wildman–Crippen MR) is 117 cm³/mol. The van der Waals surface area contributed by atoms with Crippen molar-refractivity contribution in [1.82, 2.24) is 19.7 Å². The molecular formula is C21H22N6O3S. The summed E-state index contributed by atoms with van der Waals surface area (Å²) < 4.78 is 29.1. The molecule has 0 spiro atoms. The van der Waals surface area contributed by atoms with Gasteiger partial charge >= 0.3 is 0 Å². The third kappa shape index (κ3) is 4.02. The maximum absolute atomic E-state index is 12.7. The van der Waals surface area contributed by atoms with Gasteiger partial charge in [-0.3, -0.25) is 4.79 Å². The van der Waals surface area contributed by atoms with E-state index in [1.54, 1.807) is 23.3 Å². The molecule has 5 rings (SSSR count). The molecular weight excluding hydrogens is 416 g/mol. The smallest absolute Gasteiger partial charge is 0.257 e. The first-order chi connectivity index (χ1) is 15.0. The first kappa shape index (κ1) is 19.7. The van der Waals surface area contributed by atoms with Gasteiger partial charge in [-0.05, 0) is 49.3 Å². The molecule has 31 heavy (non-hydrogen) atoms. The zero-order valence-corrected chi connectivity index (χ0v) is 17.7. The molecule has 160 valence electrons. The van der Waals surface area contributed by atoms with E-state index in [9.17, 15) is 13.2 Å². The Bertz CT molecular complexity index is 1220. The average molecular weight is 439 g/mol. The van der Waals surface area contributed by atoms with E-state index in [0.29, 0.717) is 17.1 Å². The third-order valence-corrected chi connectivity index (χ3v) is 6.76. The van der Waals surface area contributed by atoms with Crippen molar-refractivity contribution >= 4 is 27.5 Å². The van der Waals surface area contributed by atoms with Gasteiger partial charge in [-0.1, -0.05) is 6.42 Å². The number of nitrogens with zero attached hydrogens (tertiary/aromatic N) is 5. The average Bonchev–Trinajstić information content (AvgIpc) is 3.01. The van der Waals surface area contributed by atoms with Gasteiger partial charge in [0.2, 0.25) is 0 Å². The number of amidine groups is 1. The molecule has 10 heteroatoms. The van der Waals surface area contributed by atoms with Gasteiger partial charge in [-0.2, -0.15) is 0 Å². The van der Waals surface area contributed by atoms with Crippen LogP contribution in [0.15, 0.2) is 52.6 Å². The molecule has 0 fully saturated rings. The Morgan fingerprint density at radius 1 is 1.00 bits per heavy atom. The predicted octanol–water partition coefficient (Wildman–Crippen LogP) is 2.11. The number of hydrogen-bond acceptors (Lipinski definition) is 6. The lowest BCUT2D eigenvalue weighted by atomic mass is 10.1. The van der Waals surface area contributed by atoms with Crippen LogP contribution in [0.1, 0.15) is 25.1 Å². The molecule has 4 heterocycles. The van der Waals surface area contributed by atoms with Crippen LogP contribution in [0.2, 0.25) is 0 Å². The summed E-state index contributed by atoms with van der Waals surface area (Å²) in [4.78, 5) is 14.3. The number of fused-ring (bicyclic) bond motifs is 2. The highest BCUT2D eigenvalue weighted by Crippen LogP contribution is 2.24. The Kier molecular flexibility index (Phi) is 4.93. The standard InChI is InChI=1S/C21H22N6O3S/c28-21(16-7-10-19-25-31(29,30)13-12-26(19)14-16)22-17-8-5-15(6-9-17)20-24-23-18-4-2-1-3-11-27(18)20/h5-10,14H,1-4,11-13H2,(H,22,28). The van der Waals surface area contributed by atoms with Crippen molar-refractivity contribution in [3.8, 4) is 11.4 Å². The number of aryl methyl sites for hydroxylation is 1. The minimum Gasteiger partial charge on any atom is -0.330 e. The summed E-state index contributed by atoms with van der Waals surface area (Å²) in [5.41, 5.74) is 2.07. The van der Waals surface area contributed by atoms with E-state index >= 15 is 0 Å². The lowest BCUT2D eigenvalue weighted by Gasteiger charge is -2.26. The van der Waals surface area contributed by atoms with E-state index in [-0.39, 0.29) is 18.2 Å². The summed E-state index contributed by atoms with van der Waals surface area (Å²) in [5.74, 6) is 1.89. The van der Waals surface area contributed by atoms with Crippen LogP contribution >= 0.6 is 0 Å². The van der Waals surface area contributed by atoms with E-state index in [1.165, 1.54) is 6.42 Å².